The minimum Gasteiger partial charge on any atom is -0.460 e. The molecular formula is C17H18N4O4. The minimum absolute atomic E-state index is 0.0368. The van der Waals surface area contributed by atoms with Crippen molar-refractivity contribution in [3.8, 4) is 6.01 Å². The van der Waals surface area contributed by atoms with Crippen LogP contribution in [0.25, 0.3) is 0 Å². The lowest BCUT2D eigenvalue weighted by Crippen LogP contribution is -2.42. The van der Waals surface area contributed by atoms with Gasteiger partial charge in [-0.25, -0.2) is 9.97 Å². The van der Waals surface area contributed by atoms with Crippen LogP contribution < -0.4 is 4.74 Å². The van der Waals surface area contributed by atoms with E-state index < -0.39 is 4.92 Å². The number of carbonyl (C=O) groups excluding carboxylic acids is 1. The standard InChI is InChI=1S/C17H18N4O4/c1-12-14(4-2-5-15(12)21(23)24)16(22)20-10-6-13(7-11-20)25-17-18-8-3-9-19-17/h2-5,8-9,13H,6-7,10-11H2,1H3. The Bertz CT molecular complexity index is 773. The molecule has 8 nitrogen and oxygen atoms in total. The number of likely N-dealkylation sites (tertiary alicyclic amines) is 1. The van der Waals surface area contributed by atoms with Crippen LogP contribution in [-0.2, 0) is 0 Å². The largest absolute Gasteiger partial charge is 0.460 e. The minimum atomic E-state index is -0.466. The highest BCUT2D eigenvalue weighted by Gasteiger charge is 2.27. The lowest BCUT2D eigenvalue weighted by atomic mass is 10.0. The molecule has 1 saturated heterocycles. The number of benzene rings is 1. The van der Waals surface area contributed by atoms with Gasteiger partial charge in [-0.3, -0.25) is 14.9 Å². The van der Waals surface area contributed by atoms with Crippen molar-refractivity contribution in [1.29, 1.82) is 0 Å². The Kier molecular flexibility index (Phi) is 4.87. The smallest absolute Gasteiger partial charge is 0.316 e. The van der Waals surface area contributed by atoms with Crippen molar-refractivity contribution < 1.29 is 14.5 Å². The van der Waals surface area contributed by atoms with Gasteiger partial charge < -0.3 is 9.64 Å². The molecule has 0 aliphatic carbocycles. The van der Waals surface area contributed by atoms with Gasteiger partial charge in [0, 0.05) is 55.5 Å². The Balaban J connectivity index is 1.64. The lowest BCUT2D eigenvalue weighted by Gasteiger charge is -2.32. The summed E-state index contributed by atoms with van der Waals surface area (Å²) in [6, 6.07) is 6.63. The van der Waals surface area contributed by atoms with Crippen LogP contribution in [0.1, 0.15) is 28.8 Å². The molecular weight excluding hydrogens is 324 g/mol. The molecule has 2 aromatic rings. The van der Waals surface area contributed by atoms with E-state index in [9.17, 15) is 14.9 Å². The molecule has 3 rings (SSSR count). The number of amides is 1. The SMILES string of the molecule is Cc1c(C(=O)N2CCC(Oc3ncccn3)CC2)cccc1[N+](=O)[O-]. The second kappa shape index (κ2) is 7.25. The molecule has 0 atom stereocenters. The van der Waals surface area contributed by atoms with Crippen LogP contribution in [0.2, 0.25) is 0 Å². The van der Waals surface area contributed by atoms with Gasteiger partial charge in [-0.2, -0.15) is 0 Å². The highest BCUT2D eigenvalue weighted by molar-refractivity contribution is 5.96. The van der Waals surface area contributed by atoms with Crippen molar-refractivity contribution in [3.05, 3.63) is 57.9 Å². The van der Waals surface area contributed by atoms with Crippen molar-refractivity contribution in [3.63, 3.8) is 0 Å². The fraction of sp³-hybridized carbons (Fsp3) is 0.353. The Hall–Kier alpha value is -3.03. The first-order valence-electron chi connectivity index (χ1n) is 8.03. The van der Waals surface area contributed by atoms with Gasteiger partial charge >= 0.3 is 6.01 Å². The highest BCUT2D eigenvalue weighted by Crippen LogP contribution is 2.24. The van der Waals surface area contributed by atoms with Crippen molar-refractivity contribution in [1.82, 2.24) is 14.9 Å². The molecule has 1 aliphatic rings. The zero-order valence-electron chi connectivity index (χ0n) is 13.8. The average molecular weight is 342 g/mol. The summed E-state index contributed by atoms with van der Waals surface area (Å²) in [5.41, 5.74) is 0.735. The Morgan fingerprint density at radius 2 is 1.92 bits per heavy atom. The number of ether oxygens (including phenoxy) is 1. The van der Waals surface area contributed by atoms with E-state index in [0.717, 1.165) is 0 Å². The summed E-state index contributed by atoms with van der Waals surface area (Å²) in [4.78, 5) is 33.0. The van der Waals surface area contributed by atoms with Crippen LogP contribution in [-0.4, -0.2) is 44.9 Å². The van der Waals surface area contributed by atoms with E-state index in [0.29, 0.717) is 43.1 Å². The average Bonchev–Trinajstić information content (AvgIpc) is 2.62. The van der Waals surface area contributed by atoms with E-state index >= 15 is 0 Å². The number of hydrogen-bond donors (Lipinski definition) is 0. The van der Waals surface area contributed by atoms with Gasteiger partial charge in [-0.05, 0) is 19.1 Å². The first-order valence-corrected chi connectivity index (χ1v) is 8.03. The molecule has 1 amide bonds. The summed E-state index contributed by atoms with van der Waals surface area (Å²) >= 11 is 0. The number of aromatic nitrogens is 2. The molecule has 1 aliphatic heterocycles. The molecule has 0 spiro atoms. The summed E-state index contributed by atoms with van der Waals surface area (Å²) < 4.78 is 5.71. The quantitative estimate of drug-likeness (QED) is 0.625. The van der Waals surface area contributed by atoms with Gasteiger partial charge in [0.25, 0.3) is 11.6 Å². The number of piperidine rings is 1. The summed E-state index contributed by atoms with van der Waals surface area (Å²) in [6.07, 6.45) is 4.52. The van der Waals surface area contributed by atoms with E-state index in [2.05, 4.69) is 9.97 Å². The van der Waals surface area contributed by atoms with Crippen LogP contribution >= 0.6 is 0 Å². The normalized spacial score (nSPS) is 15.0. The number of nitrogens with zero attached hydrogens (tertiary/aromatic N) is 4. The van der Waals surface area contributed by atoms with Gasteiger partial charge in [-0.15, -0.1) is 0 Å². The molecule has 0 N–H and O–H groups in total. The van der Waals surface area contributed by atoms with Gasteiger partial charge in [0.1, 0.15) is 6.10 Å². The number of hydrogen-bond acceptors (Lipinski definition) is 6. The number of rotatable bonds is 4. The lowest BCUT2D eigenvalue weighted by molar-refractivity contribution is -0.385. The molecule has 0 saturated carbocycles. The van der Waals surface area contributed by atoms with E-state index in [1.165, 1.54) is 6.07 Å². The topological polar surface area (TPSA) is 98.5 Å². The third kappa shape index (κ3) is 3.73. The maximum Gasteiger partial charge on any atom is 0.316 e. The monoisotopic (exact) mass is 342 g/mol. The van der Waals surface area contributed by atoms with E-state index in [1.807, 2.05) is 0 Å². The third-order valence-electron chi connectivity index (χ3n) is 4.28. The molecule has 1 aromatic carbocycles. The second-order valence-corrected chi connectivity index (χ2v) is 5.85. The van der Waals surface area contributed by atoms with Crippen molar-refractivity contribution in [2.45, 2.75) is 25.9 Å². The van der Waals surface area contributed by atoms with Gasteiger partial charge in [0.2, 0.25) is 0 Å². The molecule has 1 aromatic heterocycles. The predicted molar refractivity (Wildman–Crippen MR) is 89.4 cm³/mol. The van der Waals surface area contributed by atoms with Gasteiger partial charge in [-0.1, -0.05) is 6.07 Å². The van der Waals surface area contributed by atoms with Gasteiger partial charge in [0.05, 0.1) is 4.92 Å². The maximum absolute atomic E-state index is 12.7. The maximum atomic E-state index is 12.7. The third-order valence-corrected chi connectivity index (χ3v) is 4.28. The van der Waals surface area contributed by atoms with E-state index in [-0.39, 0.29) is 17.7 Å². The molecule has 0 unspecified atom stereocenters. The summed E-state index contributed by atoms with van der Waals surface area (Å²) in [6.45, 7) is 2.66. The molecule has 0 radical (unpaired) electrons. The van der Waals surface area contributed by atoms with Crippen molar-refractivity contribution in [2.24, 2.45) is 0 Å². The first-order chi connectivity index (χ1) is 12.1. The number of nitro groups is 1. The summed E-state index contributed by atoms with van der Waals surface area (Å²) in [7, 11) is 0. The second-order valence-electron chi connectivity index (χ2n) is 5.85. The fourth-order valence-electron chi connectivity index (χ4n) is 2.90. The molecule has 130 valence electrons. The molecule has 1 fully saturated rings. The van der Waals surface area contributed by atoms with Crippen LogP contribution in [0.4, 0.5) is 5.69 Å². The van der Waals surface area contributed by atoms with Crippen LogP contribution in [0.15, 0.2) is 36.7 Å². The molecule has 2 heterocycles. The fourth-order valence-corrected chi connectivity index (χ4v) is 2.90. The van der Waals surface area contributed by atoms with Crippen LogP contribution in [0.5, 0.6) is 6.01 Å². The summed E-state index contributed by atoms with van der Waals surface area (Å²) in [5, 5.41) is 11.0. The van der Waals surface area contributed by atoms with E-state index in [1.54, 1.807) is 42.4 Å². The van der Waals surface area contributed by atoms with E-state index in [4.69, 9.17) is 4.74 Å². The van der Waals surface area contributed by atoms with Crippen LogP contribution in [0, 0.1) is 17.0 Å². The Labute approximate surface area is 144 Å². The predicted octanol–water partition coefficient (Wildman–Crippen LogP) is 2.38. The highest BCUT2D eigenvalue weighted by atomic mass is 16.6. The van der Waals surface area contributed by atoms with Crippen molar-refractivity contribution in [2.75, 3.05) is 13.1 Å². The summed E-state index contributed by atoms with van der Waals surface area (Å²) in [5.74, 6) is -0.185. The van der Waals surface area contributed by atoms with Crippen LogP contribution in [0.3, 0.4) is 0 Å². The number of carbonyl (C=O) groups is 1. The Morgan fingerprint density at radius 3 is 2.56 bits per heavy atom. The van der Waals surface area contributed by atoms with Gasteiger partial charge in [0.15, 0.2) is 0 Å². The first kappa shape index (κ1) is 16.8. The zero-order valence-corrected chi connectivity index (χ0v) is 13.8. The Morgan fingerprint density at radius 1 is 1.24 bits per heavy atom. The molecule has 8 heteroatoms. The molecule has 25 heavy (non-hydrogen) atoms. The number of nitro benzene ring substituents is 1. The van der Waals surface area contributed by atoms with Crippen molar-refractivity contribution >= 4 is 11.6 Å². The zero-order chi connectivity index (χ0) is 17.8. The molecule has 0 bridgehead atoms.